The van der Waals surface area contributed by atoms with Crippen LogP contribution in [0.25, 0.3) is 0 Å². The lowest BCUT2D eigenvalue weighted by Crippen LogP contribution is -2.29. The average molecular weight is 454 g/mol. The van der Waals surface area contributed by atoms with E-state index in [1.807, 2.05) is 78.9 Å². The van der Waals surface area contributed by atoms with Crippen LogP contribution in [0.5, 0.6) is 0 Å². The highest BCUT2D eigenvalue weighted by Crippen LogP contribution is 2.38. The summed E-state index contributed by atoms with van der Waals surface area (Å²) >= 11 is 3.20. The predicted molar refractivity (Wildman–Crippen MR) is 131 cm³/mol. The van der Waals surface area contributed by atoms with E-state index in [0.29, 0.717) is 22.3 Å². The van der Waals surface area contributed by atoms with E-state index in [4.69, 9.17) is 0 Å². The van der Waals surface area contributed by atoms with Gasteiger partial charge in [-0.05, 0) is 48.5 Å². The second-order valence-corrected chi connectivity index (χ2v) is 9.78. The van der Waals surface area contributed by atoms with Crippen molar-refractivity contribution >= 4 is 40.8 Å². The predicted octanol–water partition coefficient (Wildman–Crippen LogP) is 6.31. The summed E-state index contributed by atoms with van der Waals surface area (Å²) in [6.45, 7) is 0. The molecule has 3 nitrogen and oxygen atoms in total. The summed E-state index contributed by atoms with van der Waals surface area (Å²) in [4.78, 5) is 34.3. The second-order valence-electron chi connectivity index (χ2n) is 7.42. The zero-order valence-corrected chi connectivity index (χ0v) is 19.0. The van der Waals surface area contributed by atoms with E-state index < -0.39 is 0 Å². The number of Topliss-reactive ketones (excluding diaryl/α,β-unsaturated/α-hetero) is 2. The van der Waals surface area contributed by atoms with Gasteiger partial charge >= 0.3 is 0 Å². The van der Waals surface area contributed by atoms with Crippen LogP contribution in [0.2, 0.25) is 0 Å². The maximum Gasteiger partial charge on any atom is 0.194 e. The minimum atomic E-state index is -0.120. The Balaban J connectivity index is 1.51. The first-order chi connectivity index (χ1) is 15.6. The van der Waals surface area contributed by atoms with Crippen molar-refractivity contribution in [1.82, 2.24) is 0 Å². The molecule has 0 N–H and O–H groups in total. The lowest BCUT2D eigenvalue weighted by molar-refractivity contribution is 0.0972. The Morgan fingerprint density at radius 3 is 2.06 bits per heavy atom. The molecule has 2 aliphatic rings. The molecule has 0 aromatic heterocycles. The van der Waals surface area contributed by atoms with Crippen molar-refractivity contribution < 1.29 is 9.59 Å². The molecule has 5 heteroatoms. The molecule has 3 aromatic carbocycles. The van der Waals surface area contributed by atoms with Crippen LogP contribution in [0.15, 0.2) is 122 Å². The molecule has 0 heterocycles. The number of hydrogen-bond donors (Lipinski definition) is 0. The van der Waals surface area contributed by atoms with Gasteiger partial charge in [0.25, 0.3) is 0 Å². The van der Waals surface area contributed by atoms with E-state index >= 15 is 0 Å². The van der Waals surface area contributed by atoms with Gasteiger partial charge in [-0.3, -0.25) is 14.6 Å². The Labute approximate surface area is 195 Å². The summed E-state index contributed by atoms with van der Waals surface area (Å²) in [5.41, 5.74) is 2.64. The summed E-state index contributed by atoms with van der Waals surface area (Å²) in [6, 6.07) is 25.5. The number of thioether (sulfide) groups is 1. The number of ketones is 2. The van der Waals surface area contributed by atoms with Gasteiger partial charge < -0.3 is 0 Å². The minimum absolute atomic E-state index is 0.101. The molecule has 0 amide bonds. The molecule has 0 bridgehead atoms. The smallest absolute Gasteiger partial charge is 0.194 e. The van der Waals surface area contributed by atoms with E-state index in [9.17, 15) is 9.59 Å². The van der Waals surface area contributed by atoms with Crippen LogP contribution < -0.4 is 0 Å². The first kappa shape index (κ1) is 20.7. The normalized spacial score (nSPS) is 18.7. The first-order valence-corrected chi connectivity index (χ1v) is 11.9. The molecule has 0 radical (unpaired) electrons. The van der Waals surface area contributed by atoms with Gasteiger partial charge in [0.2, 0.25) is 0 Å². The van der Waals surface area contributed by atoms with Crippen LogP contribution in [0.4, 0.5) is 0 Å². The van der Waals surface area contributed by atoms with Crippen LogP contribution >= 0.6 is 23.5 Å². The Bertz CT molecular complexity index is 1310. The van der Waals surface area contributed by atoms with Crippen molar-refractivity contribution in [3.63, 3.8) is 0 Å². The molecular formula is C27H19NO2S2. The molecule has 5 rings (SSSR count). The van der Waals surface area contributed by atoms with E-state index in [0.717, 1.165) is 20.4 Å². The fourth-order valence-electron chi connectivity index (χ4n) is 3.84. The molecular weight excluding hydrogens is 434 g/mol. The van der Waals surface area contributed by atoms with E-state index in [1.54, 1.807) is 42.7 Å². The topological polar surface area (TPSA) is 46.5 Å². The van der Waals surface area contributed by atoms with Crippen molar-refractivity contribution in [1.29, 1.82) is 0 Å². The molecule has 0 aliphatic heterocycles. The second kappa shape index (κ2) is 8.77. The van der Waals surface area contributed by atoms with Gasteiger partial charge in [0, 0.05) is 44.0 Å². The maximum absolute atomic E-state index is 13.4. The van der Waals surface area contributed by atoms with E-state index in [2.05, 4.69) is 4.99 Å². The minimum Gasteiger partial charge on any atom is -0.292 e. The molecule has 0 saturated carbocycles. The number of allylic oxidation sites excluding steroid dienone is 3. The van der Waals surface area contributed by atoms with Crippen LogP contribution in [0.3, 0.4) is 0 Å². The molecule has 0 saturated heterocycles. The Morgan fingerprint density at radius 1 is 0.719 bits per heavy atom. The number of nitrogens with zero attached hydrogens (tertiary/aromatic N) is 1. The zero-order chi connectivity index (χ0) is 22.1. The van der Waals surface area contributed by atoms with E-state index in [1.165, 1.54) is 0 Å². The fraction of sp³-hybridized carbons (Fsp3) is 0.0741. The van der Waals surface area contributed by atoms with Gasteiger partial charge in [0.1, 0.15) is 0 Å². The summed E-state index contributed by atoms with van der Waals surface area (Å²) < 4.78 is 0. The number of rotatable bonds is 4. The van der Waals surface area contributed by atoms with Crippen LogP contribution in [-0.4, -0.2) is 29.6 Å². The number of benzene rings is 3. The van der Waals surface area contributed by atoms with E-state index in [-0.39, 0.29) is 16.8 Å². The molecule has 1 unspecified atom stereocenters. The highest BCUT2D eigenvalue weighted by Gasteiger charge is 2.36. The van der Waals surface area contributed by atoms with Crippen LogP contribution in [-0.2, 0) is 0 Å². The SMILES string of the molecule is CN=C1C=C2C(=O)c3cc(Sc4ccccc4)ccc3C(=O)C2=CC1Sc1ccccc1. The van der Waals surface area contributed by atoms with Gasteiger partial charge in [0.15, 0.2) is 11.6 Å². The molecule has 0 fully saturated rings. The summed E-state index contributed by atoms with van der Waals surface area (Å²) in [5, 5.41) is -0.118. The number of aliphatic imine (C=N–C) groups is 1. The fourth-order valence-corrected chi connectivity index (χ4v) is 5.82. The lowest BCUT2D eigenvalue weighted by atomic mass is 9.79. The Hall–Kier alpha value is -3.15. The molecule has 156 valence electrons. The number of fused-ring (bicyclic) bond motifs is 2. The average Bonchev–Trinajstić information content (AvgIpc) is 2.83. The Morgan fingerprint density at radius 2 is 1.38 bits per heavy atom. The quantitative estimate of drug-likeness (QED) is 0.464. The van der Waals surface area contributed by atoms with Gasteiger partial charge in [0.05, 0.1) is 11.0 Å². The number of carbonyl (C=O) groups excluding carboxylic acids is 2. The van der Waals surface area contributed by atoms with Gasteiger partial charge in [-0.15, -0.1) is 11.8 Å². The first-order valence-electron chi connectivity index (χ1n) is 10.2. The van der Waals surface area contributed by atoms with Crippen molar-refractivity contribution in [2.75, 3.05) is 7.05 Å². The lowest BCUT2D eigenvalue weighted by Gasteiger charge is -2.26. The van der Waals surface area contributed by atoms with Gasteiger partial charge in [-0.25, -0.2) is 0 Å². The monoisotopic (exact) mass is 453 g/mol. The van der Waals surface area contributed by atoms with Crippen molar-refractivity contribution in [2.45, 2.75) is 19.9 Å². The zero-order valence-electron chi connectivity index (χ0n) is 17.3. The largest absolute Gasteiger partial charge is 0.292 e. The third-order valence-corrected chi connectivity index (χ3v) is 7.58. The molecule has 2 aliphatic carbocycles. The van der Waals surface area contributed by atoms with Crippen molar-refractivity contribution in [3.8, 4) is 0 Å². The molecule has 1 atom stereocenters. The number of hydrogen-bond acceptors (Lipinski definition) is 5. The standard InChI is InChI=1S/C27H19NO2S2/c1-28-24-15-22-23(16-25(24)32-18-10-6-3-7-11-18)26(29)20-13-12-19(14-21(20)27(22)30)31-17-8-4-2-5-9-17/h2-16,25H,1H3. The maximum atomic E-state index is 13.4. The van der Waals surface area contributed by atoms with Crippen LogP contribution in [0.1, 0.15) is 20.7 Å². The third kappa shape index (κ3) is 3.90. The summed E-state index contributed by atoms with van der Waals surface area (Å²) in [7, 11) is 1.72. The Kier molecular flexibility index (Phi) is 5.68. The molecule has 32 heavy (non-hydrogen) atoms. The van der Waals surface area contributed by atoms with Crippen LogP contribution in [0, 0.1) is 0 Å². The van der Waals surface area contributed by atoms with Gasteiger partial charge in [-0.1, -0.05) is 54.2 Å². The molecule has 0 spiro atoms. The van der Waals surface area contributed by atoms with Gasteiger partial charge in [-0.2, -0.15) is 0 Å². The van der Waals surface area contributed by atoms with Crippen molar-refractivity contribution in [3.05, 3.63) is 113 Å². The third-order valence-electron chi connectivity index (χ3n) is 5.40. The highest BCUT2D eigenvalue weighted by molar-refractivity contribution is 8.01. The summed E-state index contributed by atoms with van der Waals surface area (Å²) in [6.07, 6.45) is 3.68. The van der Waals surface area contributed by atoms with Crippen molar-refractivity contribution in [2.24, 2.45) is 4.99 Å². The number of carbonyl (C=O) groups is 2. The molecule has 3 aromatic rings. The summed E-state index contributed by atoms with van der Waals surface area (Å²) in [5.74, 6) is -0.221. The highest BCUT2D eigenvalue weighted by atomic mass is 32.2.